The van der Waals surface area contributed by atoms with Crippen LogP contribution in [0.3, 0.4) is 0 Å². The molecule has 5 N–H and O–H groups in total. The number of quaternary nitrogens is 1. The van der Waals surface area contributed by atoms with E-state index in [2.05, 4.69) is 0 Å². The molecule has 1 atom stereocenters. The van der Waals surface area contributed by atoms with Gasteiger partial charge in [-0.15, -0.1) is 0 Å². The van der Waals surface area contributed by atoms with E-state index < -0.39 is 25.5 Å². The van der Waals surface area contributed by atoms with Crippen molar-refractivity contribution in [2.75, 3.05) is 19.0 Å². The lowest BCUT2D eigenvalue weighted by atomic mass is 10.7. The van der Waals surface area contributed by atoms with E-state index in [1.54, 1.807) is 0 Å². The molecule has 1 unspecified atom stereocenters. The molecule has 0 amide bonds. The average Bonchev–Trinajstić information content (AvgIpc) is 1.81. The van der Waals surface area contributed by atoms with E-state index in [0.717, 1.165) is 5.32 Å². The quantitative estimate of drug-likeness (QED) is 0.375. The third-order valence-corrected chi connectivity index (χ3v) is 2.71. The molecule has 7 nitrogen and oxygen atoms in total. The van der Waals surface area contributed by atoms with Crippen LogP contribution in [0.15, 0.2) is 0 Å². The van der Waals surface area contributed by atoms with E-state index in [4.69, 9.17) is 15.1 Å². The number of carbonyl (C=O) groups is 2. The second kappa shape index (κ2) is 4.96. The van der Waals surface area contributed by atoms with Crippen molar-refractivity contribution < 1.29 is 34.6 Å². The minimum Gasteiger partial charge on any atom is -0.481 e. The van der Waals surface area contributed by atoms with Gasteiger partial charge >= 0.3 is 11.9 Å². The van der Waals surface area contributed by atoms with E-state index in [-0.39, 0.29) is 12.8 Å². The van der Waals surface area contributed by atoms with Gasteiger partial charge < -0.3 is 20.4 Å². The van der Waals surface area contributed by atoms with Gasteiger partial charge in [-0.1, -0.05) is 0 Å². The van der Waals surface area contributed by atoms with Gasteiger partial charge in [-0.25, -0.2) is 4.79 Å². The molecule has 76 valence electrons. The van der Waals surface area contributed by atoms with Crippen molar-refractivity contribution in [2.24, 2.45) is 0 Å². The summed E-state index contributed by atoms with van der Waals surface area (Å²) in [6, 6.07) is 0. The summed E-state index contributed by atoms with van der Waals surface area (Å²) >= 11 is 0. The topological polar surface area (TPSA) is 129 Å². The number of hydrogen-bond acceptors (Lipinski definition) is 3. The molecule has 0 spiro atoms. The highest BCUT2D eigenvalue weighted by molar-refractivity contribution is 7.58. The molecule has 0 aliphatic rings. The summed E-state index contributed by atoms with van der Waals surface area (Å²) in [5, 5.41) is 17.5. The van der Waals surface area contributed by atoms with Gasteiger partial charge in [-0.05, 0) is 0 Å². The molecule has 0 aromatic rings. The Morgan fingerprint density at radius 1 is 1.23 bits per heavy atom. The largest absolute Gasteiger partial charge is 0.481 e. The maximum Gasteiger partial charge on any atom is 0.359 e. The molecule has 0 aliphatic heterocycles. The molecular weight excluding hydrogens is 201 g/mol. The second-order valence-electron chi connectivity index (χ2n) is 2.47. The fraction of sp³-hybridized carbons (Fsp3) is 0.600. The number of carboxylic acids is 2. The summed E-state index contributed by atoms with van der Waals surface area (Å²) < 4.78 is 11.0. The molecule has 0 fully saturated rings. The molecule has 13 heavy (non-hydrogen) atoms. The monoisotopic (exact) mass is 212 g/mol. The predicted octanol–water partition coefficient (Wildman–Crippen LogP) is -2.05. The maximum absolute atomic E-state index is 11.0. The van der Waals surface area contributed by atoms with E-state index in [1.807, 2.05) is 0 Å². The van der Waals surface area contributed by atoms with Crippen LogP contribution in [0.25, 0.3) is 0 Å². The minimum absolute atomic E-state index is 0.343. The Labute approximate surface area is 73.8 Å². The van der Waals surface area contributed by atoms with E-state index in [0.29, 0.717) is 0 Å². The number of nitrogens with two attached hydrogens (primary N) is 1. The Balaban J connectivity index is 3.82. The van der Waals surface area contributed by atoms with Gasteiger partial charge in [0.25, 0.3) is 7.37 Å². The van der Waals surface area contributed by atoms with Crippen LogP contribution in [0.2, 0.25) is 0 Å². The van der Waals surface area contributed by atoms with Crippen LogP contribution in [0, 0.1) is 0 Å². The van der Waals surface area contributed by atoms with Gasteiger partial charge in [-0.2, -0.15) is 0 Å². The van der Waals surface area contributed by atoms with Crippen LogP contribution < -0.4 is 5.32 Å². The van der Waals surface area contributed by atoms with Crippen molar-refractivity contribution in [2.45, 2.75) is 0 Å². The zero-order valence-electron chi connectivity index (χ0n) is 6.71. The minimum atomic E-state index is -3.72. The third-order valence-electron chi connectivity index (χ3n) is 1.12. The van der Waals surface area contributed by atoms with Crippen molar-refractivity contribution in [3.05, 3.63) is 0 Å². The summed E-state index contributed by atoms with van der Waals surface area (Å²) in [6.07, 6.45) is -1.21. The lowest BCUT2D eigenvalue weighted by Gasteiger charge is -2.05. The Hall–Kier alpha value is -0.910. The lowest BCUT2D eigenvalue weighted by Crippen LogP contribution is -2.85. The second-order valence-corrected chi connectivity index (χ2v) is 4.84. The van der Waals surface area contributed by atoms with Gasteiger partial charge in [0.2, 0.25) is 0 Å². The van der Waals surface area contributed by atoms with Gasteiger partial charge in [-0.3, -0.25) is 9.36 Å². The fourth-order valence-electron chi connectivity index (χ4n) is 0.666. The highest BCUT2D eigenvalue weighted by atomic mass is 31.2. The standard InChI is InChI=1S/C5H10NO6P/c7-4(8)1-6-3-13(11,12)2-5(9)10/h6H,1-3H2,(H,7,8)(H,9,10)(H,11,12)/p+1. The molecule has 0 heterocycles. The Morgan fingerprint density at radius 3 is 2.15 bits per heavy atom. The number of hydrogen-bond donors (Lipinski definition) is 4. The van der Waals surface area contributed by atoms with Crippen LogP contribution in [-0.2, 0) is 14.2 Å². The SMILES string of the molecule is O=C(O)C[NH2+]CP(=O)(O)CC(=O)O. The normalized spacial score (nSPS) is 14.8. The van der Waals surface area contributed by atoms with E-state index in [9.17, 15) is 14.2 Å². The van der Waals surface area contributed by atoms with Gasteiger partial charge in [0.1, 0.15) is 6.16 Å². The van der Waals surface area contributed by atoms with Gasteiger partial charge in [0.15, 0.2) is 12.8 Å². The number of carboxylic acid groups (broad SMARTS) is 2. The van der Waals surface area contributed by atoms with Crippen LogP contribution >= 0.6 is 7.37 Å². The summed E-state index contributed by atoms with van der Waals surface area (Å²) in [5.74, 6) is -2.48. The van der Waals surface area contributed by atoms with Crippen molar-refractivity contribution in [3.8, 4) is 0 Å². The predicted molar refractivity (Wildman–Crippen MR) is 41.6 cm³/mol. The molecule has 0 rings (SSSR count). The van der Waals surface area contributed by atoms with Crippen molar-refractivity contribution in [3.63, 3.8) is 0 Å². The number of aliphatic carboxylic acids is 2. The average molecular weight is 212 g/mol. The zero-order chi connectivity index (χ0) is 10.5. The molecule has 0 aromatic heterocycles. The van der Waals surface area contributed by atoms with E-state index >= 15 is 0 Å². The fourth-order valence-corrected chi connectivity index (χ4v) is 1.75. The van der Waals surface area contributed by atoms with Crippen molar-refractivity contribution >= 4 is 19.3 Å². The summed E-state index contributed by atoms with van der Waals surface area (Å²) in [6.45, 7) is -0.343. The molecule has 0 bridgehead atoms. The Bertz CT molecular complexity index is 251. The summed E-state index contributed by atoms with van der Waals surface area (Å²) in [7, 11) is -3.72. The smallest absolute Gasteiger partial charge is 0.359 e. The van der Waals surface area contributed by atoms with Gasteiger partial charge in [0, 0.05) is 0 Å². The highest BCUT2D eigenvalue weighted by Gasteiger charge is 2.24. The summed E-state index contributed by atoms with van der Waals surface area (Å²) in [4.78, 5) is 29.0. The molecule has 0 saturated carbocycles. The van der Waals surface area contributed by atoms with Crippen molar-refractivity contribution in [1.82, 2.24) is 0 Å². The van der Waals surface area contributed by atoms with Crippen LogP contribution in [0.4, 0.5) is 0 Å². The lowest BCUT2D eigenvalue weighted by molar-refractivity contribution is -0.629. The maximum atomic E-state index is 11.0. The first-order valence-corrected chi connectivity index (χ1v) is 5.42. The molecule has 0 aliphatic carbocycles. The molecule has 8 heteroatoms. The first-order chi connectivity index (χ1) is 5.83. The Morgan fingerprint density at radius 2 is 1.77 bits per heavy atom. The van der Waals surface area contributed by atoms with Crippen molar-refractivity contribution in [1.29, 1.82) is 0 Å². The van der Waals surface area contributed by atoms with E-state index in [1.165, 1.54) is 0 Å². The third kappa shape index (κ3) is 7.45. The number of rotatable bonds is 6. The molecule has 0 saturated heterocycles. The first kappa shape index (κ1) is 12.1. The van der Waals surface area contributed by atoms with Crippen LogP contribution in [0.5, 0.6) is 0 Å². The van der Waals surface area contributed by atoms with Crippen LogP contribution in [-0.4, -0.2) is 46.0 Å². The molecular formula is C5H11NO6P+. The summed E-state index contributed by atoms with van der Waals surface area (Å²) in [5.41, 5.74) is 0. The molecule has 0 radical (unpaired) electrons. The molecule has 0 aromatic carbocycles. The first-order valence-electron chi connectivity index (χ1n) is 3.39. The Kier molecular flexibility index (Phi) is 4.61. The zero-order valence-corrected chi connectivity index (χ0v) is 7.61. The van der Waals surface area contributed by atoms with Crippen LogP contribution in [0.1, 0.15) is 0 Å². The van der Waals surface area contributed by atoms with Gasteiger partial charge in [0.05, 0.1) is 0 Å². The highest BCUT2D eigenvalue weighted by Crippen LogP contribution is 2.36.